The number of aliphatic imine (C=N–C) groups is 1. The summed E-state index contributed by atoms with van der Waals surface area (Å²) in [4.78, 5) is 8.14. The normalized spacial score (nSPS) is 11.7. The molecule has 0 bridgehead atoms. The number of nitrogens with zero attached hydrogens (tertiary/aromatic N) is 2. The fourth-order valence-corrected chi connectivity index (χ4v) is 3.20. The maximum absolute atomic E-state index is 12.6. The minimum absolute atomic E-state index is 0. The first-order valence-corrected chi connectivity index (χ1v) is 9.38. The minimum atomic E-state index is -4.39. The van der Waals surface area contributed by atoms with Crippen LogP contribution in [0.2, 0.25) is 0 Å². The van der Waals surface area contributed by atoms with Gasteiger partial charge in [-0.3, -0.25) is 0 Å². The molecule has 1 aromatic heterocycles. The summed E-state index contributed by atoms with van der Waals surface area (Å²) in [6.07, 6.45) is -4.00. The van der Waals surface area contributed by atoms with E-state index in [9.17, 15) is 13.2 Å². The number of alkyl halides is 3. The fraction of sp³-hybridized carbons (Fsp3) is 0.444. The van der Waals surface area contributed by atoms with Crippen molar-refractivity contribution in [3.8, 4) is 5.75 Å². The topological polar surface area (TPSA) is 58.5 Å². The maximum Gasteiger partial charge on any atom is 0.434 e. The lowest BCUT2D eigenvalue weighted by Gasteiger charge is -2.11. The highest BCUT2D eigenvalue weighted by atomic mass is 127. The van der Waals surface area contributed by atoms with Crippen molar-refractivity contribution in [2.24, 2.45) is 4.99 Å². The van der Waals surface area contributed by atoms with Crippen molar-refractivity contribution in [2.75, 3.05) is 20.2 Å². The molecule has 0 spiro atoms. The Morgan fingerprint density at radius 1 is 1.29 bits per heavy atom. The van der Waals surface area contributed by atoms with Gasteiger partial charge in [0.2, 0.25) is 0 Å². The number of nitrogens with one attached hydrogen (secondary N) is 2. The number of methoxy groups -OCH3 is 1. The van der Waals surface area contributed by atoms with E-state index < -0.39 is 11.9 Å². The van der Waals surface area contributed by atoms with Gasteiger partial charge in [-0.05, 0) is 31.0 Å². The highest BCUT2D eigenvalue weighted by Gasteiger charge is 2.33. The van der Waals surface area contributed by atoms with E-state index in [1.165, 1.54) is 0 Å². The van der Waals surface area contributed by atoms with E-state index >= 15 is 0 Å². The van der Waals surface area contributed by atoms with Gasteiger partial charge in [0.05, 0.1) is 18.7 Å². The van der Waals surface area contributed by atoms with Crippen molar-refractivity contribution >= 4 is 41.3 Å². The van der Waals surface area contributed by atoms with Crippen molar-refractivity contribution in [3.63, 3.8) is 0 Å². The Balaban J connectivity index is 0.00000392. The van der Waals surface area contributed by atoms with E-state index in [1.54, 1.807) is 7.11 Å². The Hall–Kier alpha value is -1.56. The van der Waals surface area contributed by atoms with Crippen LogP contribution in [-0.4, -0.2) is 31.1 Å². The number of aromatic nitrogens is 1. The van der Waals surface area contributed by atoms with Crippen LogP contribution in [0.3, 0.4) is 0 Å². The van der Waals surface area contributed by atoms with E-state index in [-0.39, 0.29) is 24.0 Å². The third-order valence-corrected chi connectivity index (χ3v) is 4.61. The molecule has 0 atom stereocenters. The second kappa shape index (κ2) is 11.4. The molecular formula is C18H24F3IN4OS. The SMILES string of the molecule is CCNC(=NCc1ccc(OC)c(C)c1)NCCc1nc(C(F)(F)F)cs1.I. The van der Waals surface area contributed by atoms with Gasteiger partial charge >= 0.3 is 6.18 Å². The molecule has 0 aliphatic rings. The standard InChI is InChI=1S/C18H23F3N4OS.HI/c1-4-22-17(24-10-13-5-6-14(26-3)12(2)9-13)23-8-7-16-25-15(11-27-16)18(19,20)21;/h5-6,9,11H,4,7-8,10H2,1-3H3,(H2,22,23,24);1H. The Bertz CT molecular complexity index is 780. The van der Waals surface area contributed by atoms with E-state index in [0.29, 0.717) is 37.0 Å². The van der Waals surface area contributed by atoms with Crippen LogP contribution < -0.4 is 15.4 Å². The number of ether oxygens (including phenoxy) is 1. The third-order valence-electron chi connectivity index (χ3n) is 3.70. The van der Waals surface area contributed by atoms with Crippen LogP contribution >= 0.6 is 35.3 Å². The zero-order valence-electron chi connectivity index (χ0n) is 15.9. The quantitative estimate of drug-likeness (QED) is 0.318. The molecule has 1 heterocycles. The van der Waals surface area contributed by atoms with Crippen LogP contribution in [0.1, 0.15) is 28.8 Å². The molecule has 2 rings (SSSR count). The van der Waals surface area contributed by atoms with Gasteiger partial charge in [0.1, 0.15) is 5.75 Å². The third kappa shape index (κ3) is 7.46. The molecule has 0 saturated heterocycles. The maximum atomic E-state index is 12.6. The largest absolute Gasteiger partial charge is 0.496 e. The van der Waals surface area contributed by atoms with Crippen LogP contribution in [0, 0.1) is 6.92 Å². The highest BCUT2D eigenvalue weighted by Crippen LogP contribution is 2.30. The molecule has 0 unspecified atom stereocenters. The van der Waals surface area contributed by atoms with E-state index in [2.05, 4.69) is 20.6 Å². The summed E-state index contributed by atoms with van der Waals surface area (Å²) in [7, 11) is 1.63. The number of hydrogen-bond acceptors (Lipinski definition) is 4. The monoisotopic (exact) mass is 528 g/mol. The highest BCUT2D eigenvalue weighted by molar-refractivity contribution is 14.0. The average molecular weight is 528 g/mol. The summed E-state index contributed by atoms with van der Waals surface area (Å²) in [6.45, 7) is 5.53. The number of thiazole rings is 1. The molecule has 0 aliphatic carbocycles. The van der Waals surface area contributed by atoms with Gasteiger partial charge in [0.25, 0.3) is 0 Å². The molecule has 0 saturated carbocycles. The van der Waals surface area contributed by atoms with Crippen LogP contribution in [0.4, 0.5) is 13.2 Å². The second-order valence-electron chi connectivity index (χ2n) is 5.80. The molecule has 2 N–H and O–H groups in total. The molecule has 28 heavy (non-hydrogen) atoms. The molecule has 1 aromatic carbocycles. The van der Waals surface area contributed by atoms with Crippen molar-refractivity contribution in [1.29, 1.82) is 0 Å². The number of guanidine groups is 1. The minimum Gasteiger partial charge on any atom is -0.496 e. The van der Waals surface area contributed by atoms with Gasteiger partial charge in [0, 0.05) is 24.9 Å². The number of hydrogen-bond donors (Lipinski definition) is 2. The lowest BCUT2D eigenvalue weighted by Crippen LogP contribution is -2.38. The summed E-state index contributed by atoms with van der Waals surface area (Å²) in [5.74, 6) is 1.44. The molecule has 2 aromatic rings. The van der Waals surface area contributed by atoms with E-state index in [1.807, 2.05) is 32.0 Å². The first-order chi connectivity index (χ1) is 12.8. The molecule has 0 radical (unpaired) electrons. The summed E-state index contributed by atoms with van der Waals surface area (Å²) in [5, 5.41) is 7.73. The summed E-state index contributed by atoms with van der Waals surface area (Å²) >= 11 is 1.01. The van der Waals surface area contributed by atoms with Gasteiger partial charge in [0.15, 0.2) is 11.7 Å². The number of rotatable bonds is 7. The number of aryl methyl sites for hydroxylation is 1. The first kappa shape index (κ1) is 24.5. The van der Waals surface area contributed by atoms with Crippen LogP contribution in [-0.2, 0) is 19.1 Å². The van der Waals surface area contributed by atoms with Crippen molar-refractivity contribution < 1.29 is 17.9 Å². The summed E-state index contributed by atoms with van der Waals surface area (Å²) < 4.78 is 43.0. The zero-order valence-corrected chi connectivity index (χ0v) is 19.0. The Kier molecular flexibility index (Phi) is 10.0. The van der Waals surface area contributed by atoms with Crippen molar-refractivity contribution in [2.45, 2.75) is 33.0 Å². The fourth-order valence-electron chi connectivity index (χ4n) is 2.39. The van der Waals surface area contributed by atoms with Crippen molar-refractivity contribution in [3.05, 3.63) is 45.4 Å². The van der Waals surface area contributed by atoms with Crippen LogP contribution in [0.5, 0.6) is 5.75 Å². The Labute approximate surface area is 183 Å². The number of halogens is 4. The summed E-state index contributed by atoms with van der Waals surface area (Å²) in [6, 6.07) is 5.87. The second-order valence-corrected chi connectivity index (χ2v) is 6.74. The molecule has 5 nitrogen and oxygen atoms in total. The molecule has 0 fully saturated rings. The van der Waals surface area contributed by atoms with Crippen molar-refractivity contribution in [1.82, 2.24) is 15.6 Å². The zero-order chi connectivity index (χ0) is 19.9. The van der Waals surface area contributed by atoms with E-state index in [4.69, 9.17) is 4.74 Å². The van der Waals surface area contributed by atoms with Gasteiger partial charge in [-0.1, -0.05) is 12.1 Å². The Morgan fingerprint density at radius 3 is 2.61 bits per heavy atom. The smallest absolute Gasteiger partial charge is 0.434 e. The van der Waals surface area contributed by atoms with Crippen LogP contribution in [0.15, 0.2) is 28.6 Å². The molecule has 10 heteroatoms. The van der Waals surface area contributed by atoms with Gasteiger partial charge in [-0.25, -0.2) is 9.98 Å². The lowest BCUT2D eigenvalue weighted by molar-refractivity contribution is -0.140. The molecule has 0 aliphatic heterocycles. The van der Waals surface area contributed by atoms with Gasteiger partial charge in [-0.15, -0.1) is 35.3 Å². The average Bonchev–Trinajstić information content (AvgIpc) is 3.09. The lowest BCUT2D eigenvalue weighted by atomic mass is 10.1. The van der Waals surface area contributed by atoms with Crippen LogP contribution in [0.25, 0.3) is 0 Å². The molecule has 156 valence electrons. The first-order valence-electron chi connectivity index (χ1n) is 8.50. The summed E-state index contributed by atoms with van der Waals surface area (Å²) in [5.41, 5.74) is 1.24. The number of benzene rings is 1. The van der Waals surface area contributed by atoms with E-state index in [0.717, 1.165) is 33.6 Å². The molecular weight excluding hydrogens is 504 g/mol. The molecule has 0 amide bonds. The van der Waals surface area contributed by atoms with Gasteiger partial charge in [-0.2, -0.15) is 13.2 Å². The van der Waals surface area contributed by atoms with Gasteiger partial charge < -0.3 is 15.4 Å². The predicted molar refractivity (Wildman–Crippen MR) is 117 cm³/mol. The Morgan fingerprint density at radius 2 is 2.04 bits per heavy atom. The predicted octanol–water partition coefficient (Wildman–Crippen LogP) is 4.39.